The number of nitrogens with zero attached hydrogens (tertiary/aromatic N) is 1. The number of anilines is 1. The number of carbonyl (C=O) groups is 1. The summed E-state index contributed by atoms with van der Waals surface area (Å²) in [7, 11) is -2.52. The van der Waals surface area contributed by atoms with Crippen LogP contribution >= 0.6 is 15.9 Å². The fourth-order valence-corrected chi connectivity index (χ4v) is 5.85. The molecular formula is C28H33BrN2O5S. The van der Waals surface area contributed by atoms with Gasteiger partial charge in [-0.3, -0.25) is 9.10 Å². The molecule has 0 heterocycles. The molecule has 0 fully saturated rings. The normalized spacial score (nSPS) is 11.3. The highest BCUT2D eigenvalue weighted by atomic mass is 79.9. The lowest BCUT2D eigenvalue weighted by molar-refractivity contribution is -0.119. The van der Waals surface area contributed by atoms with Crippen molar-refractivity contribution in [1.82, 2.24) is 5.32 Å². The third kappa shape index (κ3) is 7.97. The Balaban J connectivity index is 1.69. The molecule has 3 aromatic rings. The number of halogens is 1. The smallest absolute Gasteiger partial charge is 0.264 e. The molecule has 0 atom stereocenters. The second kappa shape index (κ2) is 13.0. The number of ether oxygens (including phenoxy) is 2. The van der Waals surface area contributed by atoms with Crippen LogP contribution < -0.4 is 19.1 Å². The van der Waals surface area contributed by atoms with Gasteiger partial charge in [-0.2, -0.15) is 0 Å². The number of sulfonamides is 1. The lowest BCUT2D eigenvalue weighted by atomic mass is 10.1. The van der Waals surface area contributed by atoms with E-state index in [4.69, 9.17) is 9.47 Å². The molecule has 0 aromatic heterocycles. The number of aryl methyl sites for hydroxylation is 2. The Kier molecular flexibility index (Phi) is 10.00. The van der Waals surface area contributed by atoms with Crippen molar-refractivity contribution in [3.05, 3.63) is 82.3 Å². The number of rotatable bonds is 12. The minimum absolute atomic E-state index is 0.0528. The second-order valence-electron chi connectivity index (χ2n) is 8.91. The quantitative estimate of drug-likeness (QED) is 0.282. The van der Waals surface area contributed by atoms with Crippen LogP contribution in [0.5, 0.6) is 11.5 Å². The molecule has 0 saturated heterocycles. The lowest BCUT2D eigenvalue weighted by Crippen LogP contribution is -2.41. The zero-order valence-corrected chi connectivity index (χ0v) is 23.9. The molecule has 37 heavy (non-hydrogen) atoms. The van der Waals surface area contributed by atoms with Gasteiger partial charge in [0.25, 0.3) is 10.0 Å². The van der Waals surface area contributed by atoms with Gasteiger partial charge in [0.1, 0.15) is 18.0 Å². The highest BCUT2D eigenvalue weighted by Gasteiger charge is 2.28. The van der Waals surface area contributed by atoms with Crippen molar-refractivity contribution >= 4 is 37.5 Å². The van der Waals surface area contributed by atoms with Crippen LogP contribution in [0.4, 0.5) is 5.69 Å². The summed E-state index contributed by atoms with van der Waals surface area (Å²) < 4.78 is 39.8. The second-order valence-corrected chi connectivity index (χ2v) is 11.6. The monoisotopic (exact) mass is 588 g/mol. The Hall–Kier alpha value is -3.04. The number of benzene rings is 3. The van der Waals surface area contributed by atoms with Crippen molar-refractivity contribution in [2.45, 2.75) is 44.6 Å². The van der Waals surface area contributed by atoms with Gasteiger partial charge in [-0.15, -0.1) is 0 Å². The van der Waals surface area contributed by atoms with E-state index in [0.29, 0.717) is 28.9 Å². The standard InChI is InChI=1S/C28H33BrN2O5S/c1-20(2)36-24-9-5-7-22(17-24)8-6-16-30-28(32)19-31(23-12-10-21(3)11-13-23)37(33,34)25-14-15-27(35-4)26(29)18-25/h5,7,9-15,17-18,20H,6,8,16,19H2,1-4H3,(H,30,32). The van der Waals surface area contributed by atoms with Crippen LogP contribution in [-0.2, 0) is 21.2 Å². The molecule has 1 amide bonds. The first-order chi connectivity index (χ1) is 17.6. The summed E-state index contributed by atoms with van der Waals surface area (Å²) in [5, 5.41) is 2.86. The number of hydrogen-bond donors (Lipinski definition) is 1. The van der Waals surface area contributed by atoms with Crippen molar-refractivity contribution in [3.63, 3.8) is 0 Å². The number of amides is 1. The zero-order valence-electron chi connectivity index (χ0n) is 21.5. The van der Waals surface area contributed by atoms with Crippen molar-refractivity contribution in [2.24, 2.45) is 0 Å². The third-order valence-corrected chi connectivity index (χ3v) is 7.94. The summed E-state index contributed by atoms with van der Waals surface area (Å²) in [6.07, 6.45) is 1.57. The third-order valence-electron chi connectivity index (χ3n) is 5.56. The molecule has 0 unspecified atom stereocenters. The van der Waals surface area contributed by atoms with Gasteiger partial charge >= 0.3 is 0 Å². The van der Waals surface area contributed by atoms with Gasteiger partial charge in [-0.25, -0.2) is 8.42 Å². The van der Waals surface area contributed by atoms with E-state index >= 15 is 0 Å². The van der Waals surface area contributed by atoms with Crippen molar-refractivity contribution < 1.29 is 22.7 Å². The van der Waals surface area contributed by atoms with Crippen molar-refractivity contribution in [3.8, 4) is 11.5 Å². The molecule has 0 aliphatic rings. The maximum absolute atomic E-state index is 13.6. The maximum Gasteiger partial charge on any atom is 0.264 e. The van der Waals surface area contributed by atoms with Gasteiger partial charge in [-0.05, 0) is 97.6 Å². The van der Waals surface area contributed by atoms with E-state index in [1.54, 1.807) is 18.2 Å². The van der Waals surface area contributed by atoms with E-state index in [2.05, 4.69) is 21.2 Å². The van der Waals surface area contributed by atoms with E-state index < -0.39 is 10.0 Å². The predicted octanol–water partition coefficient (Wildman–Crippen LogP) is 5.50. The summed E-state index contributed by atoms with van der Waals surface area (Å²) in [6, 6.07) is 19.4. The molecule has 9 heteroatoms. The van der Waals surface area contributed by atoms with Gasteiger partial charge in [-0.1, -0.05) is 29.8 Å². The van der Waals surface area contributed by atoms with Crippen LogP contribution in [0.1, 0.15) is 31.4 Å². The summed E-state index contributed by atoms with van der Waals surface area (Å²) in [6.45, 7) is 5.96. The molecule has 0 spiro atoms. The Morgan fingerprint density at radius 2 is 1.78 bits per heavy atom. The minimum Gasteiger partial charge on any atom is -0.496 e. The molecule has 0 radical (unpaired) electrons. The molecule has 0 aliphatic carbocycles. The molecule has 3 aromatic carbocycles. The lowest BCUT2D eigenvalue weighted by Gasteiger charge is -2.24. The molecule has 1 N–H and O–H groups in total. The largest absolute Gasteiger partial charge is 0.496 e. The van der Waals surface area contributed by atoms with Crippen LogP contribution in [0.25, 0.3) is 0 Å². The van der Waals surface area contributed by atoms with Crippen LogP contribution in [0, 0.1) is 6.92 Å². The average Bonchev–Trinajstić information content (AvgIpc) is 2.85. The Labute approximate surface area is 228 Å². The number of carbonyl (C=O) groups excluding carboxylic acids is 1. The van der Waals surface area contributed by atoms with E-state index in [0.717, 1.165) is 27.6 Å². The van der Waals surface area contributed by atoms with Crippen LogP contribution in [-0.4, -0.2) is 40.6 Å². The Bertz CT molecular complexity index is 1310. The van der Waals surface area contributed by atoms with Gasteiger partial charge in [0.2, 0.25) is 5.91 Å². The summed E-state index contributed by atoms with van der Waals surface area (Å²) in [5.74, 6) is 0.953. The highest BCUT2D eigenvalue weighted by Crippen LogP contribution is 2.30. The Morgan fingerprint density at radius 3 is 2.43 bits per heavy atom. The van der Waals surface area contributed by atoms with Crippen LogP contribution in [0.2, 0.25) is 0 Å². The fourth-order valence-electron chi connectivity index (χ4n) is 3.71. The predicted molar refractivity (Wildman–Crippen MR) is 150 cm³/mol. The summed E-state index contributed by atoms with van der Waals surface area (Å²) in [4.78, 5) is 12.9. The van der Waals surface area contributed by atoms with Crippen LogP contribution in [0.3, 0.4) is 0 Å². The van der Waals surface area contributed by atoms with Crippen molar-refractivity contribution in [2.75, 3.05) is 24.5 Å². The Morgan fingerprint density at radius 1 is 1.05 bits per heavy atom. The van der Waals surface area contributed by atoms with Crippen LogP contribution in [0.15, 0.2) is 76.1 Å². The molecule has 198 valence electrons. The van der Waals surface area contributed by atoms with E-state index in [-0.39, 0.29) is 23.5 Å². The SMILES string of the molecule is COc1ccc(S(=O)(=O)N(CC(=O)NCCCc2cccc(OC(C)C)c2)c2ccc(C)cc2)cc1Br. The molecule has 0 bridgehead atoms. The number of hydrogen-bond acceptors (Lipinski definition) is 5. The number of methoxy groups -OCH3 is 1. The van der Waals surface area contributed by atoms with E-state index in [9.17, 15) is 13.2 Å². The first-order valence-electron chi connectivity index (χ1n) is 12.1. The first-order valence-corrected chi connectivity index (χ1v) is 14.3. The first kappa shape index (κ1) is 28.5. The molecule has 0 saturated carbocycles. The van der Waals surface area contributed by atoms with Gasteiger partial charge in [0, 0.05) is 6.54 Å². The molecule has 3 rings (SSSR count). The van der Waals surface area contributed by atoms with Gasteiger partial charge in [0.05, 0.1) is 28.3 Å². The zero-order chi connectivity index (χ0) is 27.0. The highest BCUT2D eigenvalue weighted by molar-refractivity contribution is 9.10. The van der Waals surface area contributed by atoms with Gasteiger partial charge in [0.15, 0.2) is 0 Å². The topological polar surface area (TPSA) is 84.9 Å². The molecule has 0 aliphatic heterocycles. The van der Waals surface area contributed by atoms with Crippen molar-refractivity contribution in [1.29, 1.82) is 0 Å². The minimum atomic E-state index is -4.02. The average molecular weight is 590 g/mol. The fraction of sp³-hybridized carbons (Fsp3) is 0.321. The summed E-state index contributed by atoms with van der Waals surface area (Å²) in [5.41, 5.74) is 2.51. The van der Waals surface area contributed by atoms with Gasteiger partial charge < -0.3 is 14.8 Å². The number of nitrogens with one attached hydrogen (secondary N) is 1. The summed E-state index contributed by atoms with van der Waals surface area (Å²) >= 11 is 3.35. The maximum atomic E-state index is 13.6. The van der Waals surface area contributed by atoms with E-state index in [1.807, 2.05) is 57.2 Å². The molecule has 7 nitrogen and oxygen atoms in total. The van der Waals surface area contributed by atoms with E-state index in [1.165, 1.54) is 19.2 Å². The molecular weight excluding hydrogens is 556 g/mol.